The molecule has 3 aromatic rings. The first kappa shape index (κ1) is 24.2. The molecule has 0 saturated carbocycles. The first-order valence-corrected chi connectivity index (χ1v) is 13.2. The lowest BCUT2D eigenvalue weighted by molar-refractivity contribution is -0.136. The monoisotopic (exact) mass is 510 g/mol. The van der Waals surface area contributed by atoms with Crippen molar-refractivity contribution in [3.8, 4) is 0 Å². The third-order valence-electron chi connectivity index (χ3n) is 7.78. The molecule has 194 valence electrons. The zero-order valence-electron chi connectivity index (χ0n) is 21.1. The highest BCUT2D eigenvalue weighted by atomic mass is 16.2. The summed E-state index contributed by atoms with van der Waals surface area (Å²) in [5.74, 6) is 0.412. The number of benzene rings is 2. The molecule has 9 nitrogen and oxygen atoms in total. The lowest BCUT2D eigenvalue weighted by Crippen LogP contribution is -2.52. The van der Waals surface area contributed by atoms with Gasteiger partial charge in [-0.05, 0) is 85.3 Å². The first-order chi connectivity index (χ1) is 18.5. The van der Waals surface area contributed by atoms with Crippen LogP contribution in [0, 0.1) is 0 Å². The Labute approximate surface area is 221 Å². The van der Waals surface area contributed by atoms with E-state index < -0.39 is 6.04 Å². The highest BCUT2D eigenvalue weighted by Crippen LogP contribution is 2.34. The van der Waals surface area contributed by atoms with E-state index in [4.69, 9.17) is 0 Å². The Kier molecular flexibility index (Phi) is 6.59. The summed E-state index contributed by atoms with van der Waals surface area (Å²) in [4.78, 5) is 40.9. The Morgan fingerprint density at radius 3 is 2.63 bits per heavy atom. The highest BCUT2D eigenvalue weighted by molar-refractivity contribution is 6.05. The standard InChI is InChI=1S/C29H30N6O3/c36-27-9-8-25(28(37)32-27)35-18-22-16-21(6-7-24(22)29(35)38)20-10-13-34(14-11-20)17-19-3-1-4-23(15-19)31-26-5-2-12-30-33-26/h1-7,12,15-16,20,25H,8-11,13-14,17-18H2,(H,31,33)(H,32,36,37). The fourth-order valence-corrected chi connectivity index (χ4v) is 5.79. The summed E-state index contributed by atoms with van der Waals surface area (Å²) in [7, 11) is 0. The van der Waals surface area contributed by atoms with Gasteiger partial charge in [0.15, 0.2) is 5.82 Å². The van der Waals surface area contributed by atoms with Gasteiger partial charge in [0, 0.05) is 37.0 Å². The number of imide groups is 1. The van der Waals surface area contributed by atoms with E-state index in [2.05, 4.69) is 56.1 Å². The van der Waals surface area contributed by atoms with Crippen molar-refractivity contribution in [3.63, 3.8) is 0 Å². The van der Waals surface area contributed by atoms with Gasteiger partial charge in [-0.1, -0.05) is 24.3 Å². The highest BCUT2D eigenvalue weighted by Gasteiger charge is 2.39. The number of fused-ring (bicyclic) bond motifs is 1. The summed E-state index contributed by atoms with van der Waals surface area (Å²) in [5, 5.41) is 13.7. The number of piperidine rings is 2. The Morgan fingerprint density at radius 1 is 0.974 bits per heavy atom. The van der Waals surface area contributed by atoms with Gasteiger partial charge in [0.2, 0.25) is 11.8 Å². The molecule has 1 aromatic heterocycles. The van der Waals surface area contributed by atoms with Crippen molar-refractivity contribution in [1.82, 2.24) is 25.3 Å². The Morgan fingerprint density at radius 2 is 1.84 bits per heavy atom. The van der Waals surface area contributed by atoms with Crippen LogP contribution in [0.5, 0.6) is 0 Å². The van der Waals surface area contributed by atoms with Crippen molar-refractivity contribution in [2.24, 2.45) is 0 Å². The minimum atomic E-state index is -0.575. The number of hydrogen-bond donors (Lipinski definition) is 2. The minimum absolute atomic E-state index is 0.119. The number of likely N-dealkylation sites (tertiary alicyclic amines) is 1. The fourth-order valence-electron chi connectivity index (χ4n) is 5.79. The largest absolute Gasteiger partial charge is 0.339 e. The zero-order valence-corrected chi connectivity index (χ0v) is 21.1. The molecule has 3 aliphatic heterocycles. The van der Waals surface area contributed by atoms with Gasteiger partial charge < -0.3 is 10.2 Å². The quantitative estimate of drug-likeness (QED) is 0.490. The number of carbonyl (C=O) groups is 3. The molecule has 1 unspecified atom stereocenters. The van der Waals surface area contributed by atoms with E-state index in [0.29, 0.717) is 24.4 Å². The second-order valence-corrected chi connectivity index (χ2v) is 10.3. The molecule has 3 amide bonds. The number of nitrogens with zero attached hydrogens (tertiary/aromatic N) is 4. The summed E-state index contributed by atoms with van der Waals surface area (Å²) in [6, 6.07) is 17.7. The minimum Gasteiger partial charge on any atom is -0.339 e. The number of carbonyl (C=O) groups excluding carboxylic acids is 3. The molecule has 9 heteroatoms. The fraction of sp³-hybridized carbons (Fsp3) is 0.345. The Bertz CT molecular complexity index is 1370. The van der Waals surface area contributed by atoms with Gasteiger partial charge in [-0.2, -0.15) is 5.10 Å². The molecule has 2 N–H and O–H groups in total. The molecule has 0 radical (unpaired) electrons. The Hall–Kier alpha value is -4.11. The topological polar surface area (TPSA) is 108 Å². The number of anilines is 2. The van der Waals surface area contributed by atoms with Crippen LogP contribution in [0.2, 0.25) is 0 Å². The van der Waals surface area contributed by atoms with Gasteiger partial charge in [0.25, 0.3) is 5.91 Å². The molecule has 0 spiro atoms. The van der Waals surface area contributed by atoms with Crippen molar-refractivity contribution in [3.05, 3.63) is 83.0 Å². The van der Waals surface area contributed by atoms with Crippen molar-refractivity contribution in [1.29, 1.82) is 0 Å². The van der Waals surface area contributed by atoms with E-state index in [1.807, 2.05) is 24.3 Å². The summed E-state index contributed by atoms with van der Waals surface area (Å²) in [6.45, 7) is 3.32. The number of aromatic nitrogens is 2. The maximum absolute atomic E-state index is 13.0. The predicted molar refractivity (Wildman–Crippen MR) is 141 cm³/mol. The van der Waals surface area contributed by atoms with E-state index >= 15 is 0 Å². The van der Waals surface area contributed by atoms with Crippen LogP contribution >= 0.6 is 0 Å². The van der Waals surface area contributed by atoms with E-state index in [1.54, 1.807) is 11.1 Å². The van der Waals surface area contributed by atoms with E-state index in [0.717, 1.165) is 49.5 Å². The first-order valence-electron chi connectivity index (χ1n) is 13.2. The predicted octanol–water partition coefficient (Wildman–Crippen LogP) is 3.36. The lowest BCUT2D eigenvalue weighted by Gasteiger charge is -2.32. The normalized spacial score (nSPS) is 20.4. The molecule has 2 fully saturated rings. The van der Waals surface area contributed by atoms with Crippen LogP contribution in [0.1, 0.15) is 58.6 Å². The Balaban J connectivity index is 1.06. The average Bonchev–Trinajstić information content (AvgIpc) is 3.25. The van der Waals surface area contributed by atoms with Crippen LogP contribution in [0.15, 0.2) is 60.8 Å². The van der Waals surface area contributed by atoms with Crippen molar-refractivity contribution in [2.75, 3.05) is 18.4 Å². The molecule has 4 heterocycles. The van der Waals surface area contributed by atoms with Gasteiger partial charge >= 0.3 is 0 Å². The molecule has 0 aliphatic carbocycles. The molecule has 2 saturated heterocycles. The van der Waals surface area contributed by atoms with Crippen molar-refractivity contribution in [2.45, 2.75) is 50.7 Å². The molecule has 6 rings (SSSR count). The number of hydrogen-bond acceptors (Lipinski definition) is 7. The molecule has 1 atom stereocenters. The van der Waals surface area contributed by atoms with E-state index in [-0.39, 0.29) is 24.1 Å². The van der Waals surface area contributed by atoms with Gasteiger partial charge in [-0.25, -0.2) is 0 Å². The smallest absolute Gasteiger partial charge is 0.255 e. The molecule has 38 heavy (non-hydrogen) atoms. The maximum atomic E-state index is 13.0. The maximum Gasteiger partial charge on any atom is 0.255 e. The third kappa shape index (κ3) is 5.02. The number of rotatable bonds is 6. The second kappa shape index (κ2) is 10.3. The van der Waals surface area contributed by atoms with Crippen LogP contribution in [-0.2, 0) is 22.7 Å². The van der Waals surface area contributed by atoms with Gasteiger partial charge in [-0.3, -0.25) is 24.6 Å². The molecular formula is C29H30N6O3. The molecule has 3 aliphatic rings. The summed E-state index contributed by atoms with van der Waals surface area (Å²) >= 11 is 0. The van der Waals surface area contributed by atoms with Gasteiger partial charge in [-0.15, -0.1) is 5.10 Å². The van der Waals surface area contributed by atoms with Crippen LogP contribution in [0.4, 0.5) is 11.5 Å². The van der Waals surface area contributed by atoms with Crippen LogP contribution in [-0.4, -0.2) is 56.9 Å². The number of nitrogens with one attached hydrogen (secondary N) is 2. The molecule has 0 bridgehead atoms. The van der Waals surface area contributed by atoms with Gasteiger partial charge in [0.05, 0.1) is 0 Å². The third-order valence-corrected chi connectivity index (χ3v) is 7.78. The van der Waals surface area contributed by atoms with Crippen LogP contribution in [0.3, 0.4) is 0 Å². The van der Waals surface area contributed by atoms with E-state index in [1.165, 1.54) is 11.1 Å². The SMILES string of the molecule is O=C1CCC(N2Cc3cc(C4CCN(Cc5cccc(Nc6cccnn6)c5)CC4)ccc3C2=O)C(=O)N1. The average molecular weight is 511 g/mol. The lowest BCUT2D eigenvalue weighted by atomic mass is 9.87. The van der Waals surface area contributed by atoms with Crippen molar-refractivity contribution >= 4 is 29.2 Å². The van der Waals surface area contributed by atoms with Gasteiger partial charge in [0.1, 0.15) is 6.04 Å². The molecular weight excluding hydrogens is 480 g/mol. The molecule has 2 aromatic carbocycles. The summed E-state index contributed by atoms with van der Waals surface area (Å²) < 4.78 is 0. The zero-order chi connectivity index (χ0) is 26.1. The van der Waals surface area contributed by atoms with Crippen LogP contribution in [0.25, 0.3) is 0 Å². The number of amides is 3. The summed E-state index contributed by atoms with van der Waals surface area (Å²) in [5.41, 5.74) is 5.16. The second-order valence-electron chi connectivity index (χ2n) is 10.3. The summed E-state index contributed by atoms with van der Waals surface area (Å²) in [6.07, 6.45) is 4.42. The van der Waals surface area contributed by atoms with E-state index in [9.17, 15) is 14.4 Å². The van der Waals surface area contributed by atoms with Crippen LogP contribution < -0.4 is 10.6 Å². The van der Waals surface area contributed by atoms with Crippen molar-refractivity contribution < 1.29 is 14.4 Å².